The molecule has 0 aliphatic rings. The zero-order valence-corrected chi connectivity index (χ0v) is 10.9. The lowest BCUT2D eigenvalue weighted by Crippen LogP contribution is -2.03. The molecule has 1 heterocycles. The van der Waals surface area contributed by atoms with E-state index < -0.39 is 31.7 Å². The highest BCUT2D eigenvalue weighted by atomic mass is 79.9. The van der Waals surface area contributed by atoms with Crippen molar-refractivity contribution < 1.29 is 21.9 Å². The van der Waals surface area contributed by atoms with E-state index in [1.807, 2.05) is 0 Å². The van der Waals surface area contributed by atoms with Crippen molar-refractivity contribution in [1.29, 1.82) is 0 Å². The predicted octanol–water partition coefficient (Wildman–Crippen LogP) is 2.72. The molecule has 1 aromatic rings. The normalized spacial score (nSPS) is 11.9. The fourth-order valence-corrected chi connectivity index (χ4v) is 3.35. The van der Waals surface area contributed by atoms with Gasteiger partial charge in [0, 0.05) is 16.9 Å². The molecule has 0 aliphatic heterocycles. The summed E-state index contributed by atoms with van der Waals surface area (Å²) in [5, 5.41) is 0. The van der Waals surface area contributed by atoms with Crippen molar-refractivity contribution in [3.8, 4) is 5.75 Å². The van der Waals surface area contributed by atoms with Crippen molar-refractivity contribution in [1.82, 2.24) is 4.98 Å². The van der Waals surface area contributed by atoms with Crippen LogP contribution >= 0.6 is 26.6 Å². The van der Waals surface area contributed by atoms with Crippen molar-refractivity contribution in [2.75, 3.05) is 7.11 Å². The minimum absolute atomic E-state index is 0.177. The van der Waals surface area contributed by atoms with Gasteiger partial charge in [0.25, 0.3) is 15.5 Å². The van der Waals surface area contributed by atoms with E-state index in [4.69, 9.17) is 10.7 Å². The van der Waals surface area contributed by atoms with Crippen LogP contribution in [-0.4, -0.2) is 20.5 Å². The number of ether oxygens (including phenoxy) is 1. The first-order valence-corrected chi connectivity index (χ1v) is 6.84. The van der Waals surface area contributed by atoms with Crippen LogP contribution in [0, 0.1) is 0 Å². The van der Waals surface area contributed by atoms with E-state index in [0.717, 1.165) is 13.3 Å². The van der Waals surface area contributed by atoms with Crippen molar-refractivity contribution in [2.24, 2.45) is 0 Å². The summed E-state index contributed by atoms with van der Waals surface area (Å²) in [5.74, 6) is -0.508. The molecule has 0 aromatic carbocycles. The van der Waals surface area contributed by atoms with Crippen LogP contribution in [0.15, 0.2) is 15.7 Å². The Bertz CT molecular complexity index is 509. The van der Waals surface area contributed by atoms with Gasteiger partial charge in [-0.2, -0.15) is 0 Å². The minimum atomic E-state index is -4.23. The van der Waals surface area contributed by atoms with Crippen LogP contribution in [0.4, 0.5) is 8.78 Å². The molecule has 1 aromatic heterocycles. The Balaban J connectivity index is 3.64. The molecule has 0 N–H and O–H groups in total. The van der Waals surface area contributed by atoms with Crippen LogP contribution in [0.2, 0.25) is 0 Å². The molecule has 9 heteroatoms. The van der Waals surface area contributed by atoms with Crippen LogP contribution in [-0.2, 0) is 9.05 Å². The number of halogens is 4. The molecule has 0 aliphatic carbocycles. The van der Waals surface area contributed by atoms with E-state index in [0.29, 0.717) is 0 Å². The number of alkyl halides is 2. The van der Waals surface area contributed by atoms with Gasteiger partial charge in [0.1, 0.15) is 4.60 Å². The molecule has 0 saturated heterocycles. The van der Waals surface area contributed by atoms with Crippen LogP contribution in [0.5, 0.6) is 5.75 Å². The fraction of sp³-hybridized carbons (Fsp3) is 0.286. The summed E-state index contributed by atoms with van der Waals surface area (Å²) in [4.78, 5) is 2.87. The van der Waals surface area contributed by atoms with Crippen LogP contribution in [0.1, 0.15) is 12.0 Å². The number of aromatic nitrogens is 1. The quantitative estimate of drug-likeness (QED) is 0.629. The third-order valence-electron chi connectivity index (χ3n) is 1.66. The Morgan fingerprint density at radius 2 is 2.12 bits per heavy atom. The molecule has 0 spiro atoms. The van der Waals surface area contributed by atoms with Gasteiger partial charge in [0.05, 0.1) is 12.7 Å². The van der Waals surface area contributed by atoms with Crippen LogP contribution in [0.3, 0.4) is 0 Å². The van der Waals surface area contributed by atoms with E-state index in [-0.39, 0.29) is 4.60 Å². The first kappa shape index (κ1) is 13.6. The van der Waals surface area contributed by atoms with Gasteiger partial charge in [-0.1, -0.05) is 0 Å². The maximum atomic E-state index is 12.5. The summed E-state index contributed by atoms with van der Waals surface area (Å²) in [6.45, 7) is 0. The molecule has 0 unspecified atom stereocenters. The van der Waals surface area contributed by atoms with E-state index in [9.17, 15) is 17.2 Å². The zero-order valence-electron chi connectivity index (χ0n) is 7.75. The van der Waals surface area contributed by atoms with Gasteiger partial charge in [-0.05, 0) is 15.9 Å². The molecule has 0 fully saturated rings. The molecule has 0 atom stereocenters. The van der Waals surface area contributed by atoms with Gasteiger partial charge in [0.15, 0.2) is 10.6 Å². The lowest BCUT2D eigenvalue weighted by molar-refractivity contribution is 0.146. The van der Waals surface area contributed by atoms with Crippen LogP contribution < -0.4 is 4.74 Å². The fourth-order valence-electron chi connectivity index (χ4n) is 1.05. The molecule has 0 radical (unpaired) electrons. The maximum Gasteiger partial charge on any atom is 0.268 e. The number of hydrogen-bond donors (Lipinski definition) is 0. The smallest absolute Gasteiger partial charge is 0.268 e. The standard InChI is InChI=1S/C7H5BrClF2NO3S/c1-15-4-3(7(10)11)2-12-6(8)5(4)16(9,13)14/h2,7H,1H3. The highest BCUT2D eigenvalue weighted by molar-refractivity contribution is 9.10. The van der Waals surface area contributed by atoms with Gasteiger partial charge in [-0.15, -0.1) is 0 Å². The molecule has 16 heavy (non-hydrogen) atoms. The van der Waals surface area contributed by atoms with Crippen molar-refractivity contribution in [2.45, 2.75) is 11.3 Å². The van der Waals surface area contributed by atoms with E-state index in [1.54, 1.807) is 0 Å². The number of pyridine rings is 1. The Hall–Kier alpha value is -0.470. The summed E-state index contributed by atoms with van der Waals surface area (Å²) in [6.07, 6.45) is -2.09. The minimum Gasteiger partial charge on any atom is -0.495 e. The van der Waals surface area contributed by atoms with Gasteiger partial charge in [-0.25, -0.2) is 22.2 Å². The van der Waals surface area contributed by atoms with E-state index in [1.165, 1.54) is 0 Å². The Morgan fingerprint density at radius 3 is 2.50 bits per heavy atom. The summed E-state index contributed by atoms with van der Waals surface area (Å²) in [6, 6.07) is 0. The topological polar surface area (TPSA) is 56.3 Å². The highest BCUT2D eigenvalue weighted by Crippen LogP contribution is 2.38. The zero-order chi connectivity index (χ0) is 12.5. The number of hydrogen-bond acceptors (Lipinski definition) is 4. The molecular weight excluding hydrogens is 332 g/mol. The molecular formula is C7H5BrClF2NO3S. The third-order valence-corrected chi connectivity index (χ3v) is 3.85. The second kappa shape index (κ2) is 4.80. The molecule has 0 saturated carbocycles. The molecule has 1 rings (SSSR count). The third kappa shape index (κ3) is 2.61. The van der Waals surface area contributed by atoms with Crippen molar-refractivity contribution in [3.63, 3.8) is 0 Å². The largest absolute Gasteiger partial charge is 0.495 e. The highest BCUT2D eigenvalue weighted by Gasteiger charge is 2.27. The lowest BCUT2D eigenvalue weighted by Gasteiger charge is -2.11. The molecule has 0 bridgehead atoms. The Labute approximate surface area is 103 Å². The van der Waals surface area contributed by atoms with Gasteiger partial charge in [-0.3, -0.25) is 0 Å². The predicted molar refractivity (Wildman–Crippen MR) is 56.5 cm³/mol. The Morgan fingerprint density at radius 1 is 1.56 bits per heavy atom. The number of methoxy groups -OCH3 is 1. The molecule has 4 nitrogen and oxygen atoms in total. The number of nitrogens with zero attached hydrogens (tertiary/aromatic N) is 1. The first-order chi connectivity index (χ1) is 7.29. The number of rotatable bonds is 3. The maximum absolute atomic E-state index is 12.5. The van der Waals surface area contributed by atoms with Crippen molar-refractivity contribution in [3.05, 3.63) is 16.4 Å². The SMILES string of the molecule is COc1c(C(F)F)cnc(Br)c1S(=O)(=O)Cl. The van der Waals surface area contributed by atoms with Crippen molar-refractivity contribution >= 4 is 35.7 Å². The average molecular weight is 337 g/mol. The summed E-state index contributed by atoms with van der Waals surface area (Å²) in [5.41, 5.74) is -0.634. The molecule has 90 valence electrons. The van der Waals surface area contributed by atoms with Crippen LogP contribution in [0.25, 0.3) is 0 Å². The summed E-state index contributed by atoms with van der Waals surface area (Å²) in [7, 11) is 1.94. The Kier molecular flexibility index (Phi) is 4.08. The summed E-state index contributed by atoms with van der Waals surface area (Å²) >= 11 is 2.81. The second-order valence-electron chi connectivity index (χ2n) is 2.61. The monoisotopic (exact) mass is 335 g/mol. The van der Waals surface area contributed by atoms with E-state index in [2.05, 4.69) is 25.7 Å². The van der Waals surface area contributed by atoms with Gasteiger partial charge in [0.2, 0.25) is 0 Å². The molecule has 0 amide bonds. The average Bonchev–Trinajstić information content (AvgIpc) is 2.14. The lowest BCUT2D eigenvalue weighted by atomic mass is 10.2. The summed E-state index contributed by atoms with van der Waals surface area (Å²) < 4.78 is 51.9. The van der Waals surface area contributed by atoms with Gasteiger partial charge >= 0.3 is 0 Å². The van der Waals surface area contributed by atoms with E-state index >= 15 is 0 Å². The van der Waals surface area contributed by atoms with Gasteiger partial charge < -0.3 is 4.74 Å². The second-order valence-corrected chi connectivity index (χ2v) is 5.86. The first-order valence-electron chi connectivity index (χ1n) is 3.74.